The molecular formula is C20H26O5. The summed E-state index contributed by atoms with van der Waals surface area (Å²) in [5.41, 5.74) is 2.73. The molecule has 0 spiro atoms. The van der Waals surface area contributed by atoms with E-state index in [-0.39, 0.29) is 12.2 Å². The van der Waals surface area contributed by atoms with Gasteiger partial charge < -0.3 is 14.6 Å². The van der Waals surface area contributed by atoms with Crippen molar-refractivity contribution in [1.82, 2.24) is 0 Å². The zero-order chi connectivity index (χ0) is 18.6. The van der Waals surface area contributed by atoms with Crippen molar-refractivity contribution in [3.05, 3.63) is 47.1 Å². The van der Waals surface area contributed by atoms with Crippen molar-refractivity contribution >= 4 is 11.9 Å². The van der Waals surface area contributed by atoms with Crippen molar-refractivity contribution in [2.75, 3.05) is 6.61 Å². The van der Waals surface area contributed by atoms with Crippen molar-refractivity contribution in [2.24, 2.45) is 5.92 Å². The van der Waals surface area contributed by atoms with Crippen molar-refractivity contribution in [1.29, 1.82) is 0 Å². The number of ether oxygens (including phenoxy) is 2. The summed E-state index contributed by atoms with van der Waals surface area (Å²) in [4.78, 5) is 24.4. The number of hydrogen-bond acceptors (Lipinski definition) is 5. The number of carbonyl (C=O) groups excluding carboxylic acids is 2. The number of esters is 2. The van der Waals surface area contributed by atoms with Crippen molar-refractivity contribution in [2.45, 2.75) is 52.2 Å². The lowest BCUT2D eigenvalue weighted by Gasteiger charge is -2.27. The third kappa shape index (κ3) is 4.48. The first-order valence-corrected chi connectivity index (χ1v) is 8.57. The first-order valence-electron chi connectivity index (χ1n) is 8.57. The van der Waals surface area contributed by atoms with Crippen LogP contribution in [-0.2, 0) is 19.1 Å². The number of fused-ring (bicyclic) bond motifs is 1. The topological polar surface area (TPSA) is 72.8 Å². The molecule has 5 nitrogen and oxygen atoms in total. The molecule has 2 rings (SSSR count). The molecule has 0 aromatic carbocycles. The number of allylic oxidation sites excluding steroid dienone is 3. The Morgan fingerprint density at radius 1 is 1.44 bits per heavy atom. The highest BCUT2D eigenvalue weighted by Crippen LogP contribution is 2.36. The highest BCUT2D eigenvalue weighted by atomic mass is 16.6. The molecule has 25 heavy (non-hydrogen) atoms. The van der Waals surface area contributed by atoms with Crippen LogP contribution in [0.25, 0.3) is 0 Å². The quantitative estimate of drug-likeness (QED) is 0.483. The number of carbonyl (C=O) groups is 2. The minimum Gasteiger partial charge on any atom is -0.458 e. The van der Waals surface area contributed by atoms with Crippen LogP contribution in [0, 0.1) is 5.92 Å². The van der Waals surface area contributed by atoms with E-state index in [0.29, 0.717) is 12.0 Å². The van der Waals surface area contributed by atoms with Gasteiger partial charge >= 0.3 is 11.9 Å². The van der Waals surface area contributed by atoms with Crippen molar-refractivity contribution in [3.63, 3.8) is 0 Å². The summed E-state index contributed by atoms with van der Waals surface area (Å²) < 4.78 is 11.1. The Balaban J connectivity index is 2.37. The van der Waals surface area contributed by atoms with Crippen LogP contribution in [0.4, 0.5) is 0 Å². The van der Waals surface area contributed by atoms with Gasteiger partial charge in [0.25, 0.3) is 0 Å². The van der Waals surface area contributed by atoms with Crippen LogP contribution in [0.2, 0.25) is 0 Å². The van der Waals surface area contributed by atoms with Crippen LogP contribution in [-0.4, -0.2) is 35.9 Å². The zero-order valence-corrected chi connectivity index (χ0v) is 15.1. The maximum Gasteiger partial charge on any atom is 0.336 e. The smallest absolute Gasteiger partial charge is 0.336 e. The molecule has 1 heterocycles. The van der Waals surface area contributed by atoms with Gasteiger partial charge in [0, 0.05) is 12.0 Å². The molecule has 0 bridgehead atoms. The molecule has 1 aliphatic heterocycles. The first-order chi connectivity index (χ1) is 11.9. The van der Waals surface area contributed by atoms with Gasteiger partial charge in [-0.25, -0.2) is 9.59 Å². The molecule has 5 heteroatoms. The second kappa shape index (κ2) is 8.30. The van der Waals surface area contributed by atoms with E-state index in [1.54, 1.807) is 6.92 Å². The Morgan fingerprint density at radius 3 is 2.80 bits per heavy atom. The van der Waals surface area contributed by atoms with Crippen molar-refractivity contribution in [3.8, 4) is 0 Å². The molecule has 2 aliphatic rings. The molecule has 1 N–H and O–H groups in total. The molecule has 1 fully saturated rings. The molecule has 1 aliphatic carbocycles. The summed E-state index contributed by atoms with van der Waals surface area (Å²) in [5.74, 6) is -1.45. The van der Waals surface area contributed by atoms with Gasteiger partial charge in [-0.2, -0.15) is 0 Å². The summed E-state index contributed by atoms with van der Waals surface area (Å²) in [5, 5.41) is 9.29. The Labute approximate surface area is 148 Å². The van der Waals surface area contributed by atoms with Crippen LogP contribution in [0.5, 0.6) is 0 Å². The van der Waals surface area contributed by atoms with Crippen LogP contribution in [0.1, 0.15) is 40.0 Å². The largest absolute Gasteiger partial charge is 0.458 e. The molecule has 0 aromatic rings. The minimum absolute atomic E-state index is 0.192. The Morgan fingerprint density at radius 2 is 2.16 bits per heavy atom. The van der Waals surface area contributed by atoms with Crippen LogP contribution >= 0.6 is 0 Å². The molecular weight excluding hydrogens is 320 g/mol. The molecule has 0 amide bonds. The standard InChI is InChI=1S/C20H26O5/c1-5-15(11-21)20(23)25-17-10-13(3)8-6-7-12(2)9-16-18(17)14(4)19(22)24-16/h5,8-9,16-18,21H,4,6-7,10-11H2,1-3H3/b12-9-,13-8-,15-5-/t16-,17-,18+/m1/s1. The van der Waals surface area contributed by atoms with Crippen LogP contribution in [0.15, 0.2) is 47.1 Å². The number of aliphatic hydroxyl groups is 1. The lowest BCUT2D eigenvalue weighted by atomic mass is 9.85. The average molecular weight is 346 g/mol. The normalized spacial score (nSPS) is 32.0. The highest BCUT2D eigenvalue weighted by Gasteiger charge is 2.44. The Bertz CT molecular complexity index is 653. The molecule has 1 saturated heterocycles. The molecule has 0 saturated carbocycles. The van der Waals surface area contributed by atoms with Gasteiger partial charge in [0.1, 0.15) is 12.2 Å². The Hall–Kier alpha value is -2.14. The molecule has 136 valence electrons. The van der Waals surface area contributed by atoms with E-state index < -0.39 is 30.1 Å². The Kier molecular flexibility index (Phi) is 6.37. The van der Waals surface area contributed by atoms with Crippen LogP contribution < -0.4 is 0 Å². The fourth-order valence-electron chi connectivity index (χ4n) is 3.22. The lowest BCUT2D eigenvalue weighted by Crippen LogP contribution is -2.34. The average Bonchev–Trinajstić information content (AvgIpc) is 2.81. The van der Waals surface area contributed by atoms with Crippen molar-refractivity contribution < 1.29 is 24.2 Å². The monoisotopic (exact) mass is 346 g/mol. The third-order valence-corrected chi connectivity index (χ3v) is 4.70. The van der Waals surface area contributed by atoms with Crippen LogP contribution in [0.3, 0.4) is 0 Å². The SMILES string of the molecule is C=C1C(=O)O[C@@H]2/C=C(/C)CC/C=C(/C)C[C@@H](OC(=O)/C(=C\C)CO)[C@@H]12. The second-order valence-corrected chi connectivity index (χ2v) is 6.64. The van der Waals surface area contributed by atoms with E-state index >= 15 is 0 Å². The van der Waals surface area contributed by atoms with Gasteiger partial charge in [-0.15, -0.1) is 0 Å². The van der Waals surface area contributed by atoms with E-state index in [9.17, 15) is 14.7 Å². The van der Waals surface area contributed by atoms with E-state index in [1.807, 2.05) is 19.9 Å². The summed E-state index contributed by atoms with van der Waals surface area (Å²) in [7, 11) is 0. The first kappa shape index (κ1) is 19.2. The number of hydrogen-bond donors (Lipinski definition) is 1. The predicted octanol–water partition coefficient (Wildman–Crippen LogP) is 3.01. The van der Waals surface area contributed by atoms with Gasteiger partial charge in [0.15, 0.2) is 0 Å². The molecule has 3 atom stereocenters. The summed E-state index contributed by atoms with van der Waals surface area (Å²) in [6, 6.07) is 0. The summed E-state index contributed by atoms with van der Waals surface area (Å²) in [6.45, 7) is 9.13. The predicted molar refractivity (Wildman–Crippen MR) is 94.6 cm³/mol. The third-order valence-electron chi connectivity index (χ3n) is 4.70. The zero-order valence-electron chi connectivity index (χ0n) is 15.1. The maximum absolute atomic E-state index is 12.3. The lowest BCUT2D eigenvalue weighted by molar-refractivity contribution is -0.147. The summed E-state index contributed by atoms with van der Waals surface area (Å²) >= 11 is 0. The summed E-state index contributed by atoms with van der Waals surface area (Å²) in [6.07, 6.45) is 6.80. The maximum atomic E-state index is 12.3. The van der Waals surface area contributed by atoms with E-state index in [1.165, 1.54) is 6.08 Å². The number of rotatable bonds is 3. The number of aliphatic hydroxyl groups excluding tert-OH is 1. The van der Waals surface area contributed by atoms with E-state index in [2.05, 4.69) is 12.7 Å². The minimum atomic E-state index is -0.577. The molecule has 0 radical (unpaired) electrons. The molecule has 0 unspecified atom stereocenters. The van der Waals surface area contributed by atoms with Gasteiger partial charge in [-0.1, -0.05) is 29.9 Å². The van der Waals surface area contributed by atoms with Gasteiger partial charge in [0.2, 0.25) is 0 Å². The van der Waals surface area contributed by atoms with Gasteiger partial charge in [-0.05, 0) is 39.7 Å². The van der Waals surface area contributed by atoms with E-state index in [0.717, 1.165) is 24.0 Å². The molecule has 0 aromatic heterocycles. The fourth-order valence-corrected chi connectivity index (χ4v) is 3.22. The van der Waals surface area contributed by atoms with Gasteiger partial charge in [0.05, 0.1) is 18.1 Å². The highest BCUT2D eigenvalue weighted by molar-refractivity contribution is 5.92. The fraction of sp³-hybridized carbons (Fsp3) is 0.500. The van der Waals surface area contributed by atoms with Gasteiger partial charge in [-0.3, -0.25) is 0 Å². The second-order valence-electron chi connectivity index (χ2n) is 6.64. The van der Waals surface area contributed by atoms with E-state index in [4.69, 9.17) is 9.47 Å².